The molecule has 2 aromatic rings. The molecular weight excluding hydrogens is 307 g/mol. The lowest BCUT2D eigenvalue weighted by molar-refractivity contribution is 0.302. The van der Waals surface area contributed by atoms with Crippen molar-refractivity contribution in [2.75, 3.05) is 0 Å². The number of hydrogen-bond donors (Lipinski definition) is 0. The van der Waals surface area contributed by atoms with E-state index in [0.717, 1.165) is 16.5 Å². The lowest BCUT2D eigenvalue weighted by Crippen LogP contribution is -1.97. The number of halogens is 2. The summed E-state index contributed by atoms with van der Waals surface area (Å²) < 4.78 is 19.6. The van der Waals surface area contributed by atoms with Gasteiger partial charge in [-0.3, -0.25) is 0 Å². The fraction of sp³-hybridized carbons (Fsp3) is 0.250. The lowest BCUT2D eigenvalue weighted by Gasteiger charge is -2.09. The molecule has 0 radical (unpaired) electrons. The predicted octanol–water partition coefficient (Wildman–Crippen LogP) is 4.66. The molecular formula is C16H14BrFO. The molecule has 19 heavy (non-hydrogen) atoms. The summed E-state index contributed by atoms with van der Waals surface area (Å²) in [6, 6.07) is 11.0. The average molecular weight is 321 g/mol. The van der Waals surface area contributed by atoms with Crippen molar-refractivity contribution in [3.05, 3.63) is 63.4 Å². The normalized spacial score (nSPS) is 13.4. The number of hydrogen-bond acceptors (Lipinski definition) is 1. The summed E-state index contributed by atoms with van der Waals surface area (Å²) in [5.41, 5.74) is 4.02. The van der Waals surface area contributed by atoms with Crippen LogP contribution >= 0.6 is 15.9 Å². The van der Waals surface area contributed by atoms with Crippen molar-refractivity contribution in [1.82, 2.24) is 0 Å². The topological polar surface area (TPSA) is 9.23 Å². The van der Waals surface area contributed by atoms with Crippen LogP contribution in [0.3, 0.4) is 0 Å². The summed E-state index contributed by atoms with van der Waals surface area (Å²) in [5.74, 6) is 0.257. The summed E-state index contributed by atoms with van der Waals surface area (Å²) in [6.07, 6.45) is 3.59. The van der Waals surface area contributed by atoms with E-state index in [0.29, 0.717) is 12.4 Å². The highest BCUT2D eigenvalue weighted by atomic mass is 79.9. The Balaban J connectivity index is 1.74. The van der Waals surface area contributed by atoms with Gasteiger partial charge in [0.05, 0.1) is 4.47 Å². The van der Waals surface area contributed by atoms with E-state index < -0.39 is 0 Å². The van der Waals surface area contributed by atoms with E-state index in [1.165, 1.54) is 36.1 Å². The van der Waals surface area contributed by atoms with Crippen molar-refractivity contribution < 1.29 is 9.13 Å². The minimum atomic E-state index is -0.285. The van der Waals surface area contributed by atoms with Gasteiger partial charge < -0.3 is 4.74 Å². The minimum absolute atomic E-state index is 0.285. The van der Waals surface area contributed by atoms with Gasteiger partial charge in [-0.1, -0.05) is 18.2 Å². The fourth-order valence-electron chi connectivity index (χ4n) is 2.46. The highest BCUT2D eigenvalue weighted by Crippen LogP contribution is 2.27. The molecule has 0 fully saturated rings. The average Bonchev–Trinajstić information content (AvgIpc) is 2.87. The molecule has 0 amide bonds. The van der Waals surface area contributed by atoms with Crippen LogP contribution in [-0.2, 0) is 19.4 Å². The Morgan fingerprint density at radius 3 is 2.79 bits per heavy atom. The molecule has 1 aliphatic rings. The van der Waals surface area contributed by atoms with Crippen LogP contribution in [0.2, 0.25) is 0 Å². The van der Waals surface area contributed by atoms with Gasteiger partial charge >= 0.3 is 0 Å². The maximum Gasteiger partial charge on any atom is 0.136 e. The van der Waals surface area contributed by atoms with Gasteiger partial charge in [0.25, 0.3) is 0 Å². The molecule has 2 aromatic carbocycles. The number of fused-ring (bicyclic) bond motifs is 1. The molecule has 0 saturated carbocycles. The number of rotatable bonds is 3. The Morgan fingerprint density at radius 2 is 1.89 bits per heavy atom. The van der Waals surface area contributed by atoms with Crippen molar-refractivity contribution in [3.63, 3.8) is 0 Å². The highest BCUT2D eigenvalue weighted by molar-refractivity contribution is 9.10. The zero-order chi connectivity index (χ0) is 13.2. The smallest absolute Gasteiger partial charge is 0.136 e. The SMILES string of the molecule is Fc1ccc(Br)c(OCc2ccc3c(c2)CCC3)c1. The summed E-state index contributed by atoms with van der Waals surface area (Å²) in [7, 11) is 0. The van der Waals surface area contributed by atoms with E-state index in [9.17, 15) is 4.39 Å². The van der Waals surface area contributed by atoms with Crippen LogP contribution in [0.1, 0.15) is 23.1 Å². The van der Waals surface area contributed by atoms with Gasteiger partial charge in [0, 0.05) is 6.07 Å². The van der Waals surface area contributed by atoms with Crippen LogP contribution in [0.25, 0.3) is 0 Å². The highest BCUT2D eigenvalue weighted by Gasteiger charge is 2.11. The largest absolute Gasteiger partial charge is 0.488 e. The molecule has 3 heteroatoms. The van der Waals surface area contributed by atoms with E-state index in [-0.39, 0.29) is 5.82 Å². The molecule has 3 rings (SSSR count). The number of benzene rings is 2. The summed E-state index contributed by atoms with van der Waals surface area (Å²) in [6.45, 7) is 0.468. The minimum Gasteiger partial charge on any atom is -0.488 e. The Bertz CT molecular complexity index is 610. The Hall–Kier alpha value is -1.35. The summed E-state index contributed by atoms with van der Waals surface area (Å²) in [5, 5.41) is 0. The molecule has 0 spiro atoms. The van der Waals surface area contributed by atoms with E-state index >= 15 is 0 Å². The zero-order valence-corrected chi connectivity index (χ0v) is 12.0. The number of aryl methyl sites for hydroxylation is 2. The fourth-order valence-corrected chi connectivity index (χ4v) is 2.82. The van der Waals surface area contributed by atoms with Crippen LogP contribution in [0, 0.1) is 5.82 Å². The first-order valence-electron chi connectivity index (χ1n) is 6.41. The van der Waals surface area contributed by atoms with Gasteiger partial charge in [0.15, 0.2) is 0 Å². The van der Waals surface area contributed by atoms with Crippen LogP contribution in [0.4, 0.5) is 4.39 Å². The van der Waals surface area contributed by atoms with Gasteiger partial charge in [0.2, 0.25) is 0 Å². The molecule has 0 saturated heterocycles. The van der Waals surface area contributed by atoms with Gasteiger partial charge in [-0.2, -0.15) is 0 Å². The molecule has 0 aliphatic heterocycles. The van der Waals surface area contributed by atoms with Crippen molar-refractivity contribution in [2.45, 2.75) is 25.9 Å². The summed E-state index contributed by atoms with van der Waals surface area (Å²) in [4.78, 5) is 0. The standard InChI is InChI=1S/C16H14BrFO/c17-15-7-6-14(18)9-16(15)19-10-11-4-5-12-2-1-3-13(12)8-11/h4-9H,1-3,10H2. The van der Waals surface area contributed by atoms with E-state index in [1.807, 2.05) is 0 Å². The van der Waals surface area contributed by atoms with E-state index in [1.54, 1.807) is 6.07 Å². The van der Waals surface area contributed by atoms with Crippen molar-refractivity contribution in [1.29, 1.82) is 0 Å². The Morgan fingerprint density at radius 1 is 1.05 bits per heavy atom. The molecule has 0 heterocycles. The molecule has 0 aromatic heterocycles. The second kappa shape index (κ2) is 5.33. The zero-order valence-electron chi connectivity index (χ0n) is 10.5. The van der Waals surface area contributed by atoms with Crippen molar-refractivity contribution in [3.8, 4) is 5.75 Å². The molecule has 0 bridgehead atoms. The molecule has 0 N–H and O–H groups in total. The molecule has 0 atom stereocenters. The quantitative estimate of drug-likeness (QED) is 0.799. The first-order chi connectivity index (χ1) is 9.22. The first-order valence-corrected chi connectivity index (χ1v) is 7.20. The molecule has 1 aliphatic carbocycles. The molecule has 98 valence electrons. The van der Waals surface area contributed by atoms with Gasteiger partial charge in [-0.15, -0.1) is 0 Å². The maximum absolute atomic E-state index is 13.2. The first kappa shape index (κ1) is 12.7. The van der Waals surface area contributed by atoms with Gasteiger partial charge in [-0.05, 0) is 64.0 Å². The van der Waals surface area contributed by atoms with E-state index in [4.69, 9.17) is 4.74 Å². The second-order valence-electron chi connectivity index (χ2n) is 4.82. The van der Waals surface area contributed by atoms with Gasteiger partial charge in [0.1, 0.15) is 18.2 Å². The lowest BCUT2D eigenvalue weighted by atomic mass is 10.1. The molecule has 0 unspecified atom stereocenters. The third-order valence-electron chi connectivity index (χ3n) is 3.45. The van der Waals surface area contributed by atoms with Crippen molar-refractivity contribution >= 4 is 15.9 Å². The molecule has 1 nitrogen and oxygen atoms in total. The Kier molecular flexibility index (Phi) is 3.56. The van der Waals surface area contributed by atoms with Crippen LogP contribution in [0.5, 0.6) is 5.75 Å². The predicted molar refractivity (Wildman–Crippen MR) is 76.9 cm³/mol. The van der Waals surface area contributed by atoms with Crippen LogP contribution < -0.4 is 4.74 Å². The van der Waals surface area contributed by atoms with Crippen LogP contribution in [0.15, 0.2) is 40.9 Å². The summed E-state index contributed by atoms with van der Waals surface area (Å²) >= 11 is 3.36. The third kappa shape index (κ3) is 2.81. The maximum atomic E-state index is 13.2. The second-order valence-corrected chi connectivity index (χ2v) is 5.67. The third-order valence-corrected chi connectivity index (χ3v) is 4.11. The van der Waals surface area contributed by atoms with Crippen molar-refractivity contribution in [2.24, 2.45) is 0 Å². The van der Waals surface area contributed by atoms with E-state index in [2.05, 4.69) is 34.1 Å². The van der Waals surface area contributed by atoms with Gasteiger partial charge in [-0.25, -0.2) is 4.39 Å². The van der Waals surface area contributed by atoms with Crippen LogP contribution in [-0.4, -0.2) is 0 Å². The number of ether oxygens (including phenoxy) is 1. The monoisotopic (exact) mass is 320 g/mol. The Labute approximate surface area is 120 Å².